The molecule has 1 saturated heterocycles. The van der Waals surface area contributed by atoms with Gasteiger partial charge in [0.1, 0.15) is 11.6 Å². The first kappa shape index (κ1) is 17.0. The van der Waals surface area contributed by atoms with Gasteiger partial charge in [0.25, 0.3) is 5.91 Å². The Labute approximate surface area is 138 Å². The molecule has 0 unspecified atom stereocenters. The Kier molecular flexibility index (Phi) is 6.64. The minimum absolute atomic E-state index is 0.170. The number of piperazine rings is 1. The van der Waals surface area contributed by atoms with E-state index in [1.165, 1.54) is 5.56 Å². The van der Waals surface area contributed by atoms with Gasteiger partial charge in [-0.05, 0) is 25.5 Å². The highest BCUT2D eigenvalue weighted by Crippen LogP contribution is 2.05. The molecule has 5 heteroatoms. The number of benzene rings is 1. The van der Waals surface area contributed by atoms with Gasteiger partial charge in [-0.2, -0.15) is 5.26 Å². The van der Waals surface area contributed by atoms with E-state index in [0.717, 1.165) is 32.5 Å². The number of carbonyl (C=O) groups is 1. The minimum Gasteiger partial charge on any atom is -0.390 e. The molecule has 0 bridgehead atoms. The van der Waals surface area contributed by atoms with Crippen LogP contribution in [0.25, 0.3) is 0 Å². The maximum absolute atomic E-state index is 12.3. The Morgan fingerprint density at radius 3 is 2.61 bits per heavy atom. The number of nitriles is 1. The summed E-state index contributed by atoms with van der Waals surface area (Å²) >= 11 is 0. The van der Waals surface area contributed by atoms with Crippen molar-refractivity contribution in [2.24, 2.45) is 0 Å². The fourth-order valence-corrected chi connectivity index (χ4v) is 2.54. The Balaban J connectivity index is 1.75. The molecule has 1 heterocycles. The number of amides is 1. The summed E-state index contributed by atoms with van der Waals surface area (Å²) in [4.78, 5) is 16.2. The zero-order valence-corrected chi connectivity index (χ0v) is 13.7. The molecular formula is C18H24N4O. The van der Waals surface area contributed by atoms with Crippen molar-refractivity contribution in [3.63, 3.8) is 0 Å². The van der Waals surface area contributed by atoms with Crippen molar-refractivity contribution in [1.82, 2.24) is 15.1 Å². The lowest BCUT2D eigenvalue weighted by Crippen LogP contribution is -2.47. The molecule has 1 amide bonds. The summed E-state index contributed by atoms with van der Waals surface area (Å²) in [6.07, 6.45) is 3.50. The topological polar surface area (TPSA) is 59.4 Å². The molecule has 5 nitrogen and oxygen atoms in total. The van der Waals surface area contributed by atoms with E-state index in [1.54, 1.807) is 11.1 Å². The van der Waals surface area contributed by atoms with Crippen LogP contribution in [0.5, 0.6) is 0 Å². The molecule has 1 aromatic rings. The highest BCUT2D eigenvalue weighted by molar-refractivity contribution is 5.97. The lowest BCUT2D eigenvalue weighted by molar-refractivity contribution is -0.128. The van der Waals surface area contributed by atoms with Crippen molar-refractivity contribution in [2.45, 2.75) is 12.8 Å². The lowest BCUT2D eigenvalue weighted by atomic mass is 10.1. The zero-order chi connectivity index (χ0) is 16.5. The van der Waals surface area contributed by atoms with Crippen LogP contribution in [0, 0.1) is 11.3 Å². The van der Waals surface area contributed by atoms with E-state index in [0.29, 0.717) is 13.1 Å². The summed E-state index contributed by atoms with van der Waals surface area (Å²) in [7, 11) is 2.04. The Bertz CT molecular complexity index is 568. The van der Waals surface area contributed by atoms with Crippen molar-refractivity contribution >= 4 is 5.91 Å². The highest BCUT2D eigenvalue weighted by atomic mass is 16.2. The first-order chi connectivity index (χ1) is 11.2. The molecule has 2 rings (SSSR count). The summed E-state index contributed by atoms with van der Waals surface area (Å²) in [6.45, 7) is 3.82. The molecule has 1 aliphatic rings. The molecular weight excluding hydrogens is 288 g/mol. The Hall–Kier alpha value is -2.32. The second-order valence-electron chi connectivity index (χ2n) is 5.81. The smallest absolute Gasteiger partial charge is 0.266 e. The Morgan fingerprint density at radius 2 is 1.96 bits per heavy atom. The minimum atomic E-state index is -0.170. The predicted octanol–water partition coefficient (Wildman–Crippen LogP) is 1.39. The van der Waals surface area contributed by atoms with Crippen LogP contribution in [0.1, 0.15) is 12.0 Å². The number of aryl methyl sites for hydroxylation is 1. The van der Waals surface area contributed by atoms with Crippen LogP contribution in [0.15, 0.2) is 42.1 Å². The van der Waals surface area contributed by atoms with Gasteiger partial charge in [-0.1, -0.05) is 30.3 Å². The average molecular weight is 312 g/mol. The van der Waals surface area contributed by atoms with Gasteiger partial charge >= 0.3 is 0 Å². The molecule has 0 saturated carbocycles. The van der Waals surface area contributed by atoms with Gasteiger partial charge in [0, 0.05) is 38.9 Å². The van der Waals surface area contributed by atoms with Gasteiger partial charge in [0.15, 0.2) is 0 Å². The zero-order valence-electron chi connectivity index (χ0n) is 13.7. The van der Waals surface area contributed by atoms with Gasteiger partial charge < -0.3 is 15.1 Å². The van der Waals surface area contributed by atoms with Crippen molar-refractivity contribution < 1.29 is 4.79 Å². The normalized spacial score (nSPS) is 16.0. The number of carbonyl (C=O) groups excluding carboxylic acids is 1. The number of nitrogens with zero attached hydrogens (tertiary/aromatic N) is 3. The SMILES string of the molecule is CN1CCN(C(=O)/C(C#N)=C\NCCCc2ccccc2)CC1. The van der Waals surface area contributed by atoms with E-state index in [9.17, 15) is 10.1 Å². The van der Waals surface area contributed by atoms with Gasteiger partial charge in [0.05, 0.1) is 0 Å². The Morgan fingerprint density at radius 1 is 1.26 bits per heavy atom. The van der Waals surface area contributed by atoms with E-state index in [-0.39, 0.29) is 11.5 Å². The van der Waals surface area contributed by atoms with Crippen LogP contribution in [0.3, 0.4) is 0 Å². The third kappa shape index (κ3) is 5.42. The molecule has 23 heavy (non-hydrogen) atoms. The van der Waals surface area contributed by atoms with Gasteiger partial charge in [-0.25, -0.2) is 0 Å². The van der Waals surface area contributed by atoms with Crippen molar-refractivity contribution in [1.29, 1.82) is 5.26 Å². The highest BCUT2D eigenvalue weighted by Gasteiger charge is 2.21. The van der Waals surface area contributed by atoms with Crippen LogP contribution in [0.2, 0.25) is 0 Å². The summed E-state index contributed by atoms with van der Waals surface area (Å²) in [5, 5.41) is 12.3. The third-order valence-corrected chi connectivity index (χ3v) is 4.02. The van der Waals surface area contributed by atoms with Crippen LogP contribution in [0.4, 0.5) is 0 Å². The second kappa shape index (κ2) is 8.96. The van der Waals surface area contributed by atoms with E-state index >= 15 is 0 Å². The van der Waals surface area contributed by atoms with Crippen LogP contribution in [-0.2, 0) is 11.2 Å². The third-order valence-electron chi connectivity index (χ3n) is 4.02. The quantitative estimate of drug-likeness (QED) is 0.490. The van der Waals surface area contributed by atoms with Crippen LogP contribution >= 0.6 is 0 Å². The molecule has 0 atom stereocenters. The number of rotatable bonds is 6. The first-order valence-electron chi connectivity index (χ1n) is 8.06. The molecule has 0 aliphatic carbocycles. The van der Waals surface area contributed by atoms with Crippen molar-refractivity contribution in [3.05, 3.63) is 47.7 Å². The molecule has 122 valence electrons. The maximum Gasteiger partial charge on any atom is 0.266 e. The molecule has 1 aromatic carbocycles. The van der Waals surface area contributed by atoms with Gasteiger partial charge in [-0.3, -0.25) is 4.79 Å². The summed E-state index contributed by atoms with van der Waals surface area (Å²) in [5.41, 5.74) is 1.49. The molecule has 0 aromatic heterocycles. The monoisotopic (exact) mass is 312 g/mol. The van der Waals surface area contributed by atoms with Gasteiger partial charge in [-0.15, -0.1) is 0 Å². The van der Waals surface area contributed by atoms with Crippen LogP contribution in [-0.4, -0.2) is 55.5 Å². The largest absolute Gasteiger partial charge is 0.390 e. The van der Waals surface area contributed by atoms with Crippen LogP contribution < -0.4 is 5.32 Å². The predicted molar refractivity (Wildman–Crippen MR) is 90.5 cm³/mol. The first-order valence-corrected chi connectivity index (χ1v) is 8.06. The summed E-state index contributed by atoms with van der Waals surface area (Å²) in [5.74, 6) is -0.170. The number of likely N-dealkylation sites (N-methyl/N-ethyl adjacent to an activating group) is 1. The van der Waals surface area contributed by atoms with E-state index in [4.69, 9.17) is 0 Å². The number of hydrogen-bond donors (Lipinski definition) is 1. The fraction of sp³-hybridized carbons (Fsp3) is 0.444. The standard InChI is InChI=1S/C18H24N4O/c1-21-10-12-22(13-11-21)18(23)17(14-19)15-20-9-5-8-16-6-3-2-4-7-16/h2-4,6-7,15,20H,5,8-13H2,1H3/b17-15-. The molecule has 1 N–H and O–H groups in total. The number of nitrogens with one attached hydrogen (secondary N) is 1. The van der Waals surface area contributed by atoms with Crippen molar-refractivity contribution in [3.8, 4) is 6.07 Å². The summed E-state index contributed by atoms with van der Waals surface area (Å²) in [6, 6.07) is 12.3. The average Bonchev–Trinajstić information content (AvgIpc) is 2.59. The molecule has 0 radical (unpaired) electrons. The maximum atomic E-state index is 12.3. The second-order valence-corrected chi connectivity index (χ2v) is 5.81. The molecule has 1 aliphatic heterocycles. The van der Waals surface area contributed by atoms with E-state index in [2.05, 4.69) is 22.3 Å². The lowest BCUT2D eigenvalue weighted by Gasteiger charge is -2.32. The molecule has 1 fully saturated rings. The molecule has 0 spiro atoms. The summed E-state index contributed by atoms with van der Waals surface area (Å²) < 4.78 is 0. The van der Waals surface area contributed by atoms with E-state index in [1.807, 2.05) is 31.3 Å². The van der Waals surface area contributed by atoms with Crippen molar-refractivity contribution in [2.75, 3.05) is 39.8 Å². The van der Waals surface area contributed by atoms with E-state index < -0.39 is 0 Å². The number of hydrogen-bond acceptors (Lipinski definition) is 4. The fourth-order valence-electron chi connectivity index (χ4n) is 2.54. The van der Waals surface area contributed by atoms with Gasteiger partial charge in [0.2, 0.25) is 0 Å².